The molecule has 1 aliphatic rings. The summed E-state index contributed by atoms with van der Waals surface area (Å²) in [5.74, 6) is 0.989. The van der Waals surface area contributed by atoms with E-state index < -0.39 is 5.60 Å². The minimum absolute atomic E-state index is 0.159. The number of nitrogens with one attached hydrogen (secondary N) is 2. The molecular formula is C19H21N7O2. The standard InChI is InChI=1S/C19H21N7O2/c1-19(27)7-11(8-19)21-18-22-16-15(17(23-18)28-3)12(9-20-16)10-4-5-13-14(6-10)26(2)25-24-13/h4-6,9,11,27H,7-8H2,1-3H3,(H2,20,21,22,23)/t11-,19-. The van der Waals surface area contributed by atoms with E-state index in [4.69, 9.17) is 4.74 Å². The Labute approximate surface area is 160 Å². The van der Waals surface area contributed by atoms with Gasteiger partial charge in [0.05, 0.1) is 23.6 Å². The van der Waals surface area contributed by atoms with Crippen molar-refractivity contribution in [3.63, 3.8) is 0 Å². The lowest BCUT2D eigenvalue weighted by atomic mass is 9.77. The zero-order chi connectivity index (χ0) is 19.5. The number of nitrogens with zero attached hydrogens (tertiary/aromatic N) is 5. The summed E-state index contributed by atoms with van der Waals surface area (Å²) in [5, 5.41) is 22.2. The van der Waals surface area contributed by atoms with Gasteiger partial charge < -0.3 is 20.1 Å². The van der Waals surface area contributed by atoms with Crippen molar-refractivity contribution in [1.29, 1.82) is 0 Å². The second kappa shape index (κ2) is 5.90. The molecule has 3 heterocycles. The van der Waals surface area contributed by atoms with Gasteiger partial charge in [-0.15, -0.1) is 5.10 Å². The molecule has 0 spiro atoms. The number of aromatic nitrogens is 6. The van der Waals surface area contributed by atoms with Crippen LogP contribution in [0, 0.1) is 0 Å². The Morgan fingerprint density at radius 3 is 2.89 bits per heavy atom. The Hall–Kier alpha value is -3.20. The van der Waals surface area contributed by atoms with Crippen LogP contribution >= 0.6 is 0 Å². The Kier molecular flexibility index (Phi) is 3.57. The first-order valence-corrected chi connectivity index (χ1v) is 9.15. The van der Waals surface area contributed by atoms with E-state index in [1.807, 2.05) is 38.4 Å². The summed E-state index contributed by atoms with van der Waals surface area (Å²) in [4.78, 5) is 12.4. The van der Waals surface area contributed by atoms with Crippen molar-refractivity contribution in [3.05, 3.63) is 24.4 Å². The molecule has 1 aromatic carbocycles. The van der Waals surface area contributed by atoms with Gasteiger partial charge in [0.25, 0.3) is 0 Å². The molecule has 0 saturated heterocycles. The molecule has 0 unspecified atom stereocenters. The third-order valence-corrected chi connectivity index (χ3v) is 5.32. The predicted octanol–water partition coefficient (Wildman–Crippen LogP) is 2.24. The SMILES string of the molecule is COc1nc(N[C@H]2C[C@](C)(O)C2)nc2[nH]cc(-c3ccc4nnn(C)c4c3)c12. The average Bonchev–Trinajstić information content (AvgIpc) is 3.23. The van der Waals surface area contributed by atoms with Crippen molar-refractivity contribution >= 4 is 28.0 Å². The van der Waals surface area contributed by atoms with Crippen molar-refractivity contribution in [2.24, 2.45) is 7.05 Å². The first-order valence-electron chi connectivity index (χ1n) is 9.15. The number of hydrogen-bond acceptors (Lipinski definition) is 7. The number of aromatic amines is 1. The number of anilines is 1. The van der Waals surface area contributed by atoms with Gasteiger partial charge in [0.15, 0.2) is 0 Å². The van der Waals surface area contributed by atoms with E-state index in [1.54, 1.807) is 11.8 Å². The van der Waals surface area contributed by atoms with Crippen LogP contribution in [-0.4, -0.2) is 53.8 Å². The molecule has 9 nitrogen and oxygen atoms in total. The monoisotopic (exact) mass is 379 g/mol. The van der Waals surface area contributed by atoms with Crippen LogP contribution in [-0.2, 0) is 7.05 Å². The van der Waals surface area contributed by atoms with Crippen LogP contribution in [0.3, 0.4) is 0 Å². The molecule has 5 rings (SSSR count). The maximum atomic E-state index is 9.92. The van der Waals surface area contributed by atoms with Crippen LogP contribution in [0.4, 0.5) is 5.95 Å². The normalized spacial score (nSPS) is 21.8. The van der Waals surface area contributed by atoms with Crippen LogP contribution in [0.25, 0.3) is 33.2 Å². The van der Waals surface area contributed by atoms with Gasteiger partial charge in [-0.2, -0.15) is 9.97 Å². The quantitative estimate of drug-likeness (QED) is 0.498. The number of aliphatic hydroxyl groups is 1. The summed E-state index contributed by atoms with van der Waals surface area (Å²) in [5.41, 5.74) is 3.83. The maximum absolute atomic E-state index is 9.92. The lowest BCUT2D eigenvalue weighted by Crippen LogP contribution is -2.48. The molecule has 9 heteroatoms. The van der Waals surface area contributed by atoms with E-state index in [0.29, 0.717) is 30.3 Å². The van der Waals surface area contributed by atoms with Crippen molar-refractivity contribution in [1.82, 2.24) is 29.9 Å². The van der Waals surface area contributed by atoms with Crippen LogP contribution < -0.4 is 10.1 Å². The fraction of sp³-hybridized carbons (Fsp3) is 0.368. The van der Waals surface area contributed by atoms with Gasteiger partial charge in [-0.25, -0.2) is 4.68 Å². The second-order valence-corrected chi connectivity index (χ2v) is 7.65. The third kappa shape index (κ3) is 2.66. The highest BCUT2D eigenvalue weighted by Crippen LogP contribution is 2.37. The van der Waals surface area contributed by atoms with E-state index >= 15 is 0 Å². The Balaban J connectivity index is 1.56. The Bertz CT molecular complexity index is 1190. The number of ether oxygens (including phenoxy) is 1. The molecule has 3 aromatic heterocycles. The van der Waals surface area contributed by atoms with E-state index in [-0.39, 0.29) is 6.04 Å². The van der Waals surface area contributed by atoms with Crippen LogP contribution in [0.2, 0.25) is 0 Å². The number of aryl methyl sites for hydroxylation is 1. The summed E-state index contributed by atoms with van der Waals surface area (Å²) in [6.45, 7) is 1.83. The van der Waals surface area contributed by atoms with Gasteiger partial charge in [-0.05, 0) is 37.5 Å². The number of benzene rings is 1. The minimum atomic E-state index is -0.606. The molecule has 1 aliphatic carbocycles. The lowest BCUT2D eigenvalue weighted by molar-refractivity contribution is -0.0236. The highest BCUT2D eigenvalue weighted by atomic mass is 16.5. The van der Waals surface area contributed by atoms with Crippen LogP contribution in [0.5, 0.6) is 5.88 Å². The number of fused-ring (bicyclic) bond motifs is 2. The van der Waals surface area contributed by atoms with E-state index in [1.165, 1.54) is 0 Å². The summed E-state index contributed by atoms with van der Waals surface area (Å²) < 4.78 is 7.32. The first-order chi connectivity index (χ1) is 13.4. The second-order valence-electron chi connectivity index (χ2n) is 7.65. The van der Waals surface area contributed by atoms with Gasteiger partial charge in [-0.1, -0.05) is 11.3 Å². The fourth-order valence-corrected chi connectivity index (χ4v) is 3.92. The molecule has 0 bridgehead atoms. The Morgan fingerprint density at radius 1 is 1.32 bits per heavy atom. The van der Waals surface area contributed by atoms with Gasteiger partial charge in [0.2, 0.25) is 11.8 Å². The minimum Gasteiger partial charge on any atom is -0.480 e. The van der Waals surface area contributed by atoms with E-state index in [9.17, 15) is 5.11 Å². The zero-order valence-corrected chi connectivity index (χ0v) is 15.9. The van der Waals surface area contributed by atoms with Crippen LogP contribution in [0.15, 0.2) is 24.4 Å². The fourth-order valence-electron chi connectivity index (χ4n) is 3.92. The van der Waals surface area contributed by atoms with E-state index in [0.717, 1.165) is 27.5 Å². The maximum Gasteiger partial charge on any atom is 0.228 e. The molecular weight excluding hydrogens is 358 g/mol. The molecule has 0 aliphatic heterocycles. The summed E-state index contributed by atoms with van der Waals surface area (Å²) in [6, 6.07) is 6.15. The molecule has 144 valence electrons. The van der Waals surface area contributed by atoms with Gasteiger partial charge in [0, 0.05) is 24.8 Å². The topological polar surface area (TPSA) is 114 Å². The summed E-state index contributed by atoms with van der Waals surface area (Å²) in [7, 11) is 3.47. The first kappa shape index (κ1) is 16.9. The number of hydrogen-bond donors (Lipinski definition) is 3. The van der Waals surface area contributed by atoms with Gasteiger partial charge in [0.1, 0.15) is 11.2 Å². The smallest absolute Gasteiger partial charge is 0.228 e. The lowest BCUT2D eigenvalue weighted by Gasteiger charge is -2.41. The molecule has 0 radical (unpaired) electrons. The van der Waals surface area contributed by atoms with Gasteiger partial charge >= 0.3 is 0 Å². The van der Waals surface area contributed by atoms with Crippen molar-refractivity contribution in [2.75, 3.05) is 12.4 Å². The highest BCUT2D eigenvalue weighted by molar-refractivity contribution is 5.99. The van der Waals surface area contributed by atoms with Crippen molar-refractivity contribution in [2.45, 2.75) is 31.4 Å². The number of H-pyrrole nitrogens is 1. The molecule has 0 atom stereocenters. The summed E-state index contributed by atoms with van der Waals surface area (Å²) in [6.07, 6.45) is 3.25. The molecule has 1 fully saturated rings. The van der Waals surface area contributed by atoms with Gasteiger partial charge in [-0.3, -0.25) is 0 Å². The average molecular weight is 379 g/mol. The molecule has 0 amide bonds. The number of methoxy groups -OCH3 is 1. The molecule has 4 aromatic rings. The summed E-state index contributed by atoms with van der Waals surface area (Å²) >= 11 is 0. The van der Waals surface area contributed by atoms with Crippen molar-refractivity contribution in [3.8, 4) is 17.0 Å². The molecule has 28 heavy (non-hydrogen) atoms. The van der Waals surface area contributed by atoms with Crippen LogP contribution in [0.1, 0.15) is 19.8 Å². The van der Waals surface area contributed by atoms with E-state index in [2.05, 4.69) is 30.6 Å². The van der Waals surface area contributed by atoms with Crippen molar-refractivity contribution < 1.29 is 9.84 Å². The number of rotatable bonds is 4. The third-order valence-electron chi connectivity index (χ3n) is 5.32. The zero-order valence-electron chi connectivity index (χ0n) is 15.9. The molecule has 3 N–H and O–H groups in total. The Morgan fingerprint density at radius 2 is 2.14 bits per heavy atom. The highest BCUT2D eigenvalue weighted by Gasteiger charge is 2.38. The largest absolute Gasteiger partial charge is 0.480 e. The predicted molar refractivity (Wildman–Crippen MR) is 105 cm³/mol. The molecule has 1 saturated carbocycles.